The van der Waals surface area contributed by atoms with Gasteiger partial charge in [-0.1, -0.05) is 6.07 Å². The first-order valence-corrected chi connectivity index (χ1v) is 8.13. The molecule has 4 rings (SSSR count). The van der Waals surface area contributed by atoms with Gasteiger partial charge in [0.15, 0.2) is 5.70 Å². The molecule has 3 aromatic rings. The van der Waals surface area contributed by atoms with Crippen molar-refractivity contribution in [3.05, 3.63) is 93.6 Å². The van der Waals surface area contributed by atoms with Crippen LogP contribution in [0.15, 0.2) is 75.8 Å². The van der Waals surface area contributed by atoms with E-state index in [2.05, 4.69) is 4.99 Å². The van der Waals surface area contributed by atoms with E-state index in [1.807, 2.05) is 0 Å². The summed E-state index contributed by atoms with van der Waals surface area (Å²) in [6.45, 7) is 0. The van der Waals surface area contributed by atoms with E-state index in [4.69, 9.17) is 9.15 Å². The van der Waals surface area contributed by atoms with Crippen LogP contribution in [0.3, 0.4) is 0 Å². The Morgan fingerprint density at radius 3 is 2.54 bits per heavy atom. The number of esters is 1. The Balaban J connectivity index is 1.59. The second-order valence-corrected chi connectivity index (χ2v) is 5.85. The van der Waals surface area contributed by atoms with Gasteiger partial charge in [0.1, 0.15) is 17.3 Å². The molecule has 0 amide bonds. The van der Waals surface area contributed by atoms with Crippen molar-refractivity contribution in [2.75, 3.05) is 0 Å². The molecule has 0 fully saturated rings. The predicted molar refractivity (Wildman–Crippen MR) is 97.8 cm³/mol. The molecule has 8 heteroatoms. The van der Waals surface area contributed by atoms with Gasteiger partial charge in [0.25, 0.3) is 5.69 Å². The van der Waals surface area contributed by atoms with E-state index in [0.29, 0.717) is 22.6 Å². The molecule has 0 N–H and O–H groups in total. The van der Waals surface area contributed by atoms with Gasteiger partial charge in [-0.25, -0.2) is 14.2 Å². The van der Waals surface area contributed by atoms with E-state index < -0.39 is 16.7 Å². The minimum atomic E-state index is -0.674. The van der Waals surface area contributed by atoms with E-state index in [1.165, 1.54) is 36.4 Å². The fourth-order valence-electron chi connectivity index (χ4n) is 2.62. The quantitative estimate of drug-likeness (QED) is 0.291. The van der Waals surface area contributed by atoms with Gasteiger partial charge in [0.2, 0.25) is 5.90 Å². The number of ether oxygens (including phenoxy) is 1. The van der Waals surface area contributed by atoms with Crippen molar-refractivity contribution in [3.8, 4) is 11.3 Å². The van der Waals surface area contributed by atoms with Crippen molar-refractivity contribution in [3.63, 3.8) is 0 Å². The summed E-state index contributed by atoms with van der Waals surface area (Å²) in [5.74, 6) is -0.301. The zero-order valence-electron chi connectivity index (χ0n) is 14.2. The average molecular weight is 378 g/mol. The first-order chi connectivity index (χ1) is 13.5. The largest absolute Gasteiger partial charge is 0.457 e. The van der Waals surface area contributed by atoms with Gasteiger partial charge in [0.05, 0.1) is 4.92 Å². The van der Waals surface area contributed by atoms with Gasteiger partial charge in [-0.2, -0.15) is 0 Å². The lowest BCUT2D eigenvalue weighted by Crippen LogP contribution is -2.05. The smallest absolute Gasteiger partial charge is 0.363 e. The summed E-state index contributed by atoms with van der Waals surface area (Å²) in [6, 6.07) is 14.8. The lowest BCUT2D eigenvalue weighted by Gasteiger charge is -1.98. The van der Waals surface area contributed by atoms with Crippen LogP contribution in [0.4, 0.5) is 10.1 Å². The molecule has 1 aromatic heterocycles. The van der Waals surface area contributed by atoms with Crippen molar-refractivity contribution in [2.24, 2.45) is 4.99 Å². The molecule has 28 heavy (non-hydrogen) atoms. The van der Waals surface area contributed by atoms with Crippen LogP contribution in [0.2, 0.25) is 0 Å². The highest BCUT2D eigenvalue weighted by molar-refractivity contribution is 6.12. The maximum Gasteiger partial charge on any atom is 0.363 e. The number of rotatable bonds is 4. The van der Waals surface area contributed by atoms with E-state index in [9.17, 15) is 19.3 Å². The van der Waals surface area contributed by atoms with Crippen molar-refractivity contribution >= 4 is 23.6 Å². The molecule has 1 aliphatic rings. The van der Waals surface area contributed by atoms with Crippen LogP contribution in [0.5, 0.6) is 0 Å². The van der Waals surface area contributed by atoms with Crippen LogP contribution in [0.1, 0.15) is 11.3 Å². The molecule has 2 aromatic carbocycles. The zero-order valence-corrected chi connectivity index (χ0v) is 14.2. The summed E-state index contributed by atoms with van der Waals surface area (Å²) in [6.07, 6.45) is 1.41. The molecule has 7 nitrogen and oxygen atoms in total. The third-order valence-corrected chi connectivity index (χ3v) is 3.96. The molecule has 138 valence electrons. The summed E-state index contributed by atoms with van der Waals surface area (Å²) in [5, 5.41) is 10.7. The molecule has 0 saturated carbocycles. The first-order valence-electron chi connectivity index (χ1n) is 8.13. The minimum Gasteiger partial charge on any atom is -0.457 e. The average Bonchev–Trinajstić information content (AvgIpc) is 3.29. The summed E-state index contributed by atoms with van der Waals surface area (Å²) < 4.78 is 24.1. The Hall–Kier alpha value is -4.07. The summed E-state index contributed by atoms with van der Waals surface area (Å²) in [7, 11) is 0. The molecular formula is C20H11FN2O5. The summed E-state index contributed by atoms with van der Waals surface area (Å²) in [5.41, 5.74) is 0.991. The van der Waals surface area contributed by atoms with E-state index >= 15 is 0 Å². The number of furan rings is 1. The number of hydrogen-bond acceptors (Lipinski definition) is 6. The molecule has 2 heterocycles. The fourth-order valence-corrected chi connectivity index (χ4v) is 2.62. The van der Waals surface area contributed by atoms with Gasteiger partial charge < -0.3 is 9.15 Å². The number of non-ortho nitro benzene ring substituents is 1. The van der Waals surface area contributed by atoms with Crippen LogP contribution in [-0.2, 0) is 9.53 Å². The lowest BCUT2D eigenvalue weighted by atomic mass is 10.1. The number of benzene rings is 2. The lowest BCUT2D eigenvalue weighted by molar-refractivity contribution is -0.384. The monoisotopic (exact) mass is 378 g/mol. The van der Waals surface area contributed by atoms with Crippen molar-refractivity contribution in [1.82, 2.24) is 0 Å². The van der Waals surface area contributed by atoms with Crippen LogP contribution in [0.25, 0.3) is 17.4 Å². The Bertz CT molecular complexity index is 1150. The van der Waals surface area contributed by atoms with Gasteiger partial charge in [-0.15, -0.1) is 0 Å². The number of halogens is 1. The van der Waals surface area contributed by atoms with Crippen LogP contribution in [-0.4, -0.2) is 16.8 Å². The predicted octanol–water partition coefficient (Wildman–Crippen LogP) is 4.34. The third-order valence-electron chi connectivity index (χ3n) is 3.96. The number of cyclic esters (lactones) is 1. The summed E-state index contributed by atoms with van der Waals surface area (Å²) in [4.78, 5) is 26.4. The fraction of sp³-hybridized carbons (Fsp3) is 0. The Morgan fingerprint density at radius 1 is 1.04 bits per heavy atom. The van der Waals surface area contributed by atoms with E-state index in [1.54, 1.807) is 30.3 Å². The second-order valence-electron chi connectivity index (χ2n) is 5.85. The Labute approximate surface area is 157 Å². The molecule has 0 radical (unpaired) electrons. The van der Waals surface area contributed by atoms with Crippen LogP contribution >= 0.6 is 0 Å². The standard InChI is InChI=1S/C20H11FN2O5/c21-14-3-1-2-13(10-14)19-22-17(20(24)28-19)11-16-8-9-18(27-16)12-4-6-15(7-5-12)23(25)26/h1-11H/b17-11-. The number of carbonyl (C=O) groups excluding carboxylic acids is 1. The van der Waals surface area contributed by atoms with Crippen LogP contribution in [0, 0.1) is 15.9 Å². The number of aliphatic imine (C=N–C) groups is 1. The van der Waals surface area contributed by atoms with Crippen LogP contribution < -0.4 is 0 Å². The maximum absolute atomic E-state index is 13.3. The first kappa shape index (κ1) is 17.3. The van der Waals surface area contributed by atoms with Gasteiger partial charge in [-0.3, -0.25) is 10.1 Å². The molecule has 0 saturated heterocycles. The van der Waals surface area contributed by atoms with E-state index in [0.717, 1.165) is 0 Å². The number of nitrogens with zero attached hydrogens (tertiary/aromatic N) is 2. The number of carbonyl (C=O) groups is 1. The normalized spacial score (nSPS) is 14.8. The van der Waals surface area contributed by atoms with Gasteiger partial charge in [-0.05, 0) is 42.5 Å². The van der Waals surface area contributed by atoms with Crippen molar-refractivity contribution < 1.29 is 23.3 Å². The molecule has 1 aliphatic heterocycles. The second kappa shape index (κ2) is 6.92. The van der Waals surface area contributed by atoms with Gasteiger partial charge >= 0.3 is 5.97 Å². The molecule has 0 bridgehead atoms. The molecule has 0 atom stereocenters. The maximum atomic E-state index is 13.3. The highest BCUT2D eigenvalue weighted by Crippen LogP contribution is 2.26. The zero-order chi connectivity index (χ0) is 19.7. The topological polar surface area (TPSA) is 94.9 Å². The minimum absolute atomic E-state index is 0.0119. The molecule has 0 spiro atoms. The highest BCUT2D eigenvalue weighted by Gasteiger charge is 2.25. The van der Waals surface area contributed by atoms with Gasteiger partial charge in [0, 0.05) is 29.3 Å². The summed E-state index contributed by atoms with van der Waals surface area (Å²) >= 11 is 0. The molecule has 0 aliphatic carbocycles. The highest BCUT2D eigenvalue weighted by atomic mass is 19.1. The van der Waals surface area contributed by atoms with E-state index in [-0.39, 0.29) is 17.3 Å². The number of hydrogen-bond donors (Lipinski definition) is 0. The molecule has 0 unspecified atom stereocenters. The van der Waals surface area contributed by atoms with Crippen molar-refractivity contribution in [2.45, 2.75) is 0 Å². The molecular weight excluding hydrogens is 367 g/mol. The number of nitro groups is 1. The van der Waals surface area contributed by atoms with Crippen molar-refractivity contribution in [1.29, 1.82) is 0 Å². The number of nitro benzene ring substituents is 1. The third kappa shape index (κ3) is 3.43. The Morgan fingerprint density at radius 2 is 1.82 bits per heavy atom. The SMILES string of the molecule is O=C1OC(c2cccc(F)c2)=N/C1=C\c1ccc(-c2ccc([N+](=O)[O-])cc2)o1. The Kier molecular flexibility index (Phi) is 4.29.